The Bertz CT molecular complexity index is 503. The summed E-state index contributed by atoms with van der Waals surface area (Å²) < 4.78 is 0. The number of amides is 1. The summed E-state index contributed by atoms with van der Waals surface area (Å²) >= 11 is 11.0. The fourth-order valence-electron chi connectivity index (χ4n) is 2.00. The molecular weight excluding hydrogens is 294 g/mol. The minimum Gasteiger partial charge on any atom is -0.389 e. The maximum absolute atomic E-state index is 12.1. The van der Waals surface area contributed by atoms with Crippen LogP contribution in [0.1, 0.15) is 19.4 Å². The molecule has 2 N–H and O–H groups in total. The van der Waals surface area contributed by atoms with E-state index in [2.05, 4.69) is 0 Å². The maximum Gasteiger partial charge on any atom is 0.242 e. The largest absolute Gasteiger partial charge is 0.389 e. The van der Waals surface area contributed by atoms with Gasteiger partial charge in [-0.05, 0) is 32.0 Å². The average molecular weight is 314 g/mol. The molecule has 1 amide bonds. The van der Waals surface area contributed by atoms with Crippen LogP contribution in [0.5, 0.6) is 0 Å². The van der Waals surface area contributed by atoms with E-state index >= 15 is 0 Å². The third kappa shape index (κ3) is 4.08. The molecule has 0 atom stereocenters. The third-order valence-electron chi connectivity index (χ3n) is 3.12. The van der Waals surface area contributed by atoms with Gasteiger partial charge in [0, 0.05) is 36.4 Å². The minimum atomic E-state index is 0.0707. The van der Waals surface area contributed by atoms with E-state index in [1.807, 2.05) is 31.9 Å². The topological polar surface area (TPSA) is 49.6 Å². The number of hydrogen-bond acceptors (Lipinski definition) is 3. The van der Waals surface area contributed by atoms with E-state index in [4.69, 9.17) is 29.6 Å². The van der Waals surface area contributed by atoms with Crippen LogP contribution in [0.3, 0.4) is 0 Å². The van der Waals surface area contributed by atoms with E-state index in [0.29, 0.717) is 23.7 Å². The van der Waals surface area contributed by atoms with Gasteiger partial charge in [-0.2, -0.15) is 0 Å². The zero-order valence-corrected chi connectivity index (χ0v) is 13.6. The van der Waals surface area contributed by atoms with Crippen molar-refractivity contribution in [3.8, 4) is 0 Å². The van der Waals surface area contributed by atoms with Crippen LogP contribution in [0, 0.1) is 0 Å². The molecule has 1 aromatic carbocycles. The van der Waals surface area contributed by atoms with Gasteiger partial charge in [-0.15, -0.1) is 0 Å². The van der Waals surface area contributed by atoms with Crippen molar-refractivity contribution in [2.45, 2.75) is 13.8 Å². The third-order valence-corrected chi connectivity index (χ3v) is 3.58. The summed E-state index contributed by atoms with van der Waals surface area (Å²) in [5, 5.41) is 0.569. The number of nitrogens with zero attached hydrogens (tertiary/aromatic N) is 2. The Morgan fingerprint density at radius 2 is 1.95 bits per heavy atom. The van der Waals surface area contributed by atoms with Crippen LogP contribution < -0.4 is 10.6 Å². The number of thiocarbonyl (C=S) groups is 1. The molecule has 0 unspecified atom stereocenters. The summed E-state index contributed by atoms with van der Waals surface area (Å²) in [6, 6.07) is 5.31. The quantitative estimate of drug-likeness (QED) is 0.819. The second kappa shape index (κ2) is 7.45. The van der Waals surface area contributed by atoms with Crippen LogP contribution in [0.15, 0.2) is 18.2 Å². The molecule has 1 rings (SSSR count). The number of carbonyl (C=O) groups excluding carboxylic acids is 1. The summed E-state index contributed by atoms with van der Waals surface area (Å²) in [6.45, 7) is 5.60. The first-order valence-corrected chi connectivity index (χ1v) is 7.27. The van der Waals surface area contributed by atoms with Gasteiger partial charge in [0.05, 0.1) is 6.54 Å². The fourth-order valence-corrected chi connectivity index (χ4v) is 2.34. The summed E-state index contributed by atoms with van der Waals surface area (Å²) in [5.74, 6) is 0.0707. The molecule has 0 saturated carbocycles. The number of likely N-dealkylation sites (N-methyl/N-ethyl adjacent to an activating group) is 2. The van der Waals surface area contributed by atoms with Crippen molar-refractivity contribution in [2.24, 2.45) is 5.73 Å². The highest BCUT2D eigenvalue weighted by Gasteiger charge is 2.16. The van der Waals surface area contributed by atoms with Gasteiger partial charge in [-0.25, -0.2) is 0 Å². The number of hydrogen-bond donors (Lipinski definition) is 1. The van der Waals surface area contributed by atoms with Crippen molar-refractivity contribution < 1.29 is 4.79 Å². The van der Waals surface area contributed by atoms with Gasteiger partial charge in [0.25, 0.3) is 0 Å². The Morgan fingerprint density at radius 3 is 2.45 bits per heavy atom. The number of nitrogens with two attached hydrogens (primary N) is 1. The lowest BCUT2D eigenvalue weighted by Crippen LogP contribution is -2.39. The predicted molar refractivity (Wildman–Crippen MR) is 88.5 cm³/mol. The van der Waals surface area contributed by atoms with Gasteiger partial charge >= 0.3 is 0 Å². The number of benzene rings is 1. The molecular formula is C14H20ClN3OS. The Labute approximate surface area is 130 Å². The molecule has 0 heterocycles. The second-order valence-electron chi connectivity index (χ2n) is 4.45. The number of anilines is 1. The summed E-state index contributed by atoms with van der Waals surface area (Å²) in [6.07, 6.45) is 0. The van der Waals surface area contributed by atoms with E-state index < -0.39 is 0 Å². The molecule has 0 aliphatic carbocycles. The Kier molecular flexibility index (Phi) is 6.23. The Morgan fingerprint density at radius 1 is 1.35 bits per heavy atom. The van der Waals surface area contributed by atoms with Gasteiger partial charge in [0.15, 0.2) is 0 Å². The van der Waals surface area contributed by atoms with Crippen LogP contribution in [0.25, 0.3) is 0 Å². The van der Waals surface area contributed by atoms with E-state index in [1.165, 1.54) is 0 Å². The molecule has 6 heteroatoms. The molecule has 0 aliphatic heterocycles. The SMILES string of the molecule is CCN(CC)C(=O)CN(C)c1ccc(Cl)cc1C(N)=S. The predicted octanol–water partition coefficient (Wildman–Crippen LogP) is 2.28. The van der Waals surface area contributed by atoms with Gasteiger partial charge < -0.3 is 15.5 Å². The van der Waals surface area contributed by atoms with E-state index in [-0.39, 0.29) is 17.4 Å². The normalized spacial score (nSPS) is 10.2. The van der Waals surface area contributed by atoms with Crippen LogP contribution in [0.4, 0.5) is 5.69 Å². The smallest absolute Gasteiger partial charge is 0.242 e. The van der Waals surface area contributed by atoms with E-state index in [0.717, 1.165) is 5.69 Å². The number of rotatable bonds is 6. The Balaban J connectivity index is 2.95. The molecule has 0 bridgehead atoms. The van der Waals surface area contributed by atoms with E-state index in [9.17, 15) is 4.79 Å². The van der Waals surface area contributed by atoms with Crippen molar-refractivity contribution >= 4 is 40.4 Å². The average Bonchev–Trinajstić information content (AvgIpc) is 2.39. The second-order valence-corrected chi connectivity index (χ2v) is 5.32. The minimum absolute atomic E-state index is 0.0707. The lowest BCUT2D eigenvalue weighted by molar-refractivity contribution is -0.129. The standard InChI is InChI=1S/C14H20ClN3OS/c1-4-18(5-2)13(19)9-17(3)12-7-6-10(15)8-11(12)14(16)20/h6-8H,4-5,9H2,1-3H3,(H2,16,20). The molecule has 0 spiro atoms. The lowest BCUT2D eigenvalue weighted by atomic mass is 10.1. The number of halogens is 1. The molecule has 0 radical (unpaired) electrons. The molecule has 110 valence electrons. The maximum atomic E-state index is 12.1. The lowest BCUT2D eigenvalue weighted by Gasteiger charge is -2.26. The van der Waals surface area contributed by atoms with Gasteiger partial charge in [-0.3, -0.25) is 4.79 Å². The Hall–Kier alpha value is -1.33. The zero-order chi connectivity index (χ0) is 15.3. The monoisotopic (exact) mass is 313 g/mol. The molecule has 0 saturated heterocycles. The first-order valence-electron chi connectivity index (χ1n) is 6.48. The van der Waals surface area contributed by atoms with Gasteiger partial charge in [0.1, 0.15) is 4.99 Å². The molecule has 4 nitrogen and oxygen atoms in total. The highest BCUT2D eigenvalue weighted by atomic mass is 35.5. The van der Waals surface area contributed by atoms with Crippen LogP contribution in [0.2, 0.25) is 5.02 Å². The van der Waals surface area contributed by atoms with E-state index in [1.54, 1.807) is 17.0 Å². The van der Waals surface area contributed by atoms with Gasteiger partial charge in [0.2, 0.25) is 5.91 Å². The molecule has 0 aliphatic rings. The highest BCUT2D eigenvalue weighted by molar-refractivity contribution is 7.80. The first-order chi connectivity index (χ1) is 9.40. The number of carbonyl (C=O) groups is 1. The van der Waals surface area contributed by atoms with Crippen LogP contribution in [-0.2, 0) is 4.79 Å². The summed E-state index contributed by atoms with van der Waals surface area (Å²) in [5.41, 5.74) is 7.21. The van der Waals surface area contributed by atoms with Crippen molar-refractivity contribution in [1.29, 1.82) is 0 Å². The van der Waals surface area contributed by atoms with Crippen molar-refractivity contribution in [2.75, 3.05) is 31.6 Å². The highest BCUT2D eigenvalue weighted by Crippen LogP contribution is 2.23. The summed E-state index contributed by atoms with van der Waals surface area (Å²) in [4.78, 5) is 16.0. The first kappa shape index (κ1) is 16.7. The van der Waals surface area contributed by atoms with Crippen molar-refractivity contribution in [3.63, 3.8) is 0 Å². The van der Waals surface area contributed by atoms with Crippen molar-refractivity contribution in [3.05, 3.63) is 28.8 Å². The molecule has 1 aromatic rings. The molecule has 0 fully saturated rings. The molecule has 0 aromatic heterocycles. The summed E-state index contributed by atoms with van der Waals surface area (Å²) in [7, 11) is 1.84. The van der Waals surface area contributed by atoms with Crippen molar-refractivity contribution in [1.82, 2.24) is 4.90 Å². The van der Waals surface area contributed by atoms with Crippen LogP contribution in [-0.4, -0.2) is 42.5 Å². The van der Waals surface area contributed by atoms with Gasteiger partial charge in [-0.1, -0.05) is 23.8 Å². The fraction of sp³-hybridized carbons (Fsp3) is 0.429. The zero-order valence-electron chi connectivity index (χ0n) is 12.0. The van der Waals surface area contributed by atoms with Crippen LogP contribution >= 0.6 is 23.8 Å². The molecule has 20 heavy (non-hydrogen) atoms.